The first kappa shape index (κ1) is 19.4. The molecule has 0 unspecified atom stereocenters. The van der Waals surface area contributed by atoms with Gasteiger partial charge in [-0.05, 0) is 31.5 Å². The Hall–Kier alpha value is -3.41. The number of methoxy groups -OCH3 is 1. The SMILES string of the molecule is COc1cccc(C(=O)COC(=O)c2c(C)nn(Cc3ccccc3)c2C)c1. The molecule has 0 radical (unpaired) electrons. The topological polar surface area (TPSA) is 70.4 Å². The summed E-state index contributed by atoms with van der Waals surface area (Å²) in [5.74, 6) is -0.268. The summed E-state index contributed by atoms with van der Waals surface area (Å²) in [5.41, 5.74) is 3.20. The van der Waals surface area contributed by atoms with Gasteiger partial charge in [-0.1, -0.05) is 42.5 Å². The summed E-state index contributed by atoms with van der Waals surface area (Å²) < 4.78 is 12.1. The molecule has 0 aliphatic carbocycles. The fourth-order valence-corrected chi connectivity index (χ4v) is 2.99. The van der Waals surface area contributed by atoms with E-state index in [0.717, 1.165) is 5.56 Å². The molecule has 0 bridgehead atoms. The molecular weight excluding hydrogens is 356 g/mol. The number of carbonyl (C=O) groups excluding carboxylic acids is 2. The Morgan fingerprint density at radius 2 is 1.79 bits per heavy atom. The summed E-state index contributed by atoms with van der Waals surface area (Å²) >= 11 is 0. The van der Waals surface area contributed by atoms with Gasteiger partial charge < -0.3 is 9.47 Å². The summed E-state index contributed by atoms with van der Waals surface area (Å²) in [6.45, 7) is 3.80. The number of esters is 1. The van der Waals surface area contributed by atoms with E-state index in [-0.39, 0.29) is 12.4 Å². The van der Waals surface area contributed by atoms with Crippen molar-refractivity contribution in [3.05, 3.63) is 82.7 Å². The van der Waals surface area contributed by atoms with Crippen molar-refractivity contribution in [2.75, 3.05) is 13.7 Å². The van der Waals surface area contributed by atoms with E-state index in [9.17, 15) is 9.59 Å². The van der Waals surface area contributed by atoms with Gasteiger partial charge in [0.15, 0.2) is 12.4 Å². The van der Waals surface area contributed by atoms with Crippen molar-refractivity contribution in [3.63, 3.8) is 0 Å². The molecule has 3 aromatic rings. The van der Waals surface area contributed by atoms with E-state index >= 15 is 0 Å². The van der Waals surface area contributed by atoms with Crippen LogP contribution in [-0.4, -0.2) is 35.2 Å². The molecule has 6 nitrogen and oxygen atoms in total. The molecule has 6 heteroatoms. The zero-order valence-electron chi connectivity index (χ0n) is 16.1. The van der Waals surface area contributed by atoms with Crippen LogP contribution >= 0.6 is 0 Å². The molecule has 0 saturated heterocycles. The van der Waals surface area contributed by atoms with Gasteiger partial charge in [0.1, 0.15) is 11.3 Å². The molecule has 0 amide bonds. The molecule has 1 heterocycles. The molecule has 0 aliphatic rings. The number of rotatable bonds is 7. The number of ketones is 1. The smallest absolute Gasteiger partial charge is 0.342 e. The Balaban J connectivity index is 1.69. The second kappa shape index (κ2) is 8.52. The van der Waals surface area contributed by atoms with Crippen molar-refractivity contribution >= 4 is 11.8 Å². The molecule has 0 atom stereocenters. The van der Waals surface area contributed by atoms with E-state index in [1.807, 2.05) is 37.3 Å². The third-order valence-corrected chi connectivity index (χ3v) is 4.49. The Morgan fingerprint density at radius 1 is 1.04 bits per heavy atom. The minimum Gasteiger partial charge on any atom is -0.497 e. The number of Topliss-reactive ketones (excluding diaryl/α,β-unsaturated/α-hetero) is 1. The first-order chi connectivity index (χ1) is 13.5. The zero-order chi connectivity index (χ0) is 20.1. The van der Waals surface area contributed by atoms with Crippen LogP contribution in [0.2, 0.25) is 0 Å². The highest BCUT2D eigenvalue weighted by molar-refractivity contribution is 6.00. The lowest BCUT2D eigenvalue weighted by atomic mass is 10.1. The minimum atomic E-state index is -0.550. The summed E-state index contributed by atoms with van der Waals surface area (Å²) in [7, 11) is 1.53. The van der Waals surface area contributed by atoms with E-state index in [1.165, 1.54) is 7.11 Å². The van der Waals surface area contributed by atoms with Crippen molar-refractivity contribution in [2.45, 2.75) is 20.4 Å². The minimum absolute atomic E-state index is 0.292. The first-order valence-corrected chi connectivity index (χ1v) is 8.92. The van der Waals surface area contributed by atoms with E-state index in [2.05, 4.69) is 5.10 Å². The normalized spacial score (nSPS) is 10.5. The van der Waals surface area contributed by atoms with Crippen LogP contribution in [0.5, 0.6) is 5.75 Å². The molecule has 0 N–H and O–H groups in total. The molecule has 2 aromatic carbocycles. The third kappa shape index (κ3) is 4.28. The van der Waals surface area contributed by atoms with Crippen LogP contribution in [0, 0.1) is 13.8 Å². The maximum Gasteiger partial charge on any atom is 0.342 e. The second-order valence-corrected chi connectivity index (χ2v) is 6.42. The average Bonchev–Trinajstić information content (AvgIpc) is 2.99. The molecule has 0 saturated carbocycles. The van der Waals surface area contributed by atoms with Crippen LogP contribution in [0.3, 0.4) is 0 Å². The highest BCUT2D eigenvalue weighted by atomic mass is 16.5. The summed E-state index contributed by atoms with van der Waals surface area (Å²) in [4.78, 5) is 24.9. The summed E-state index contributed by atoms with van der Waals surface area (Å²) in [6, 6.07) is 16.6. The molecule has 144 valence electrons. The second-order valence-electron chi connectivity index (χ2n) is 6.42. The largest absolute Gasteiger partial charge is 0.497 e. The van der Waals surface area contributed by atoms with Crippen molar-refractivity contribution < 1.29 is 19.1 Å². The summed E-state index contributed by atoms with van der Waals surface area (Å²) in [5, 5.41) is 4.45. The van der Waals surface area contributed by atoms with Gasteiger partial charge in [0, 0.05) is 5.56 Å². The Morgan fingerprint density at radius 3 is 2.50 bits per heavy atom. The number of benzene rings is 2. The zero-order valence-corrected chi connectivity index (χ0v) is 16.1. The molecule has 0 fully saturated rings. The lowest BCUT2D eigenvalue weighted by molar-refractivity contribution is 0.0473. The van der Waals surface area contributed by atoms with Gasteiger partial charge in [0.2, 0.25) is 0 Å². The predicted molar refractivity (Wildman–Crippen MR) is 105 cm³/mol. The van der Waals surface area contributed by atoms with Crippen molar-refractivity contribution in [3.8, 4) is 5.75 Å². The van der Waals surface area contributed by atoms with E-state index < -0.39 is 5.97 Å². The third-order valence-electron chi connectivity index (χ3n) is 4.49. The van der Waals surface area contributed by atoms with Gasteiger partial charge in [-0.25, -0.2) is 4.79 Å². The fourth-order valence-electron chi connectivity index (χ4n) is 2.99. The predicted octanol–water partition coefficient (Wildman–Crippen LogP) is 3.60. The van der Waals surface area contributed by atoms with Crippen LogP contribution in [0.4, 0.5) is 0 Å². The van der Waals surface area contributed by atoms with Crippen LogP contribution in [0.25, 0.3) is 0 Å². The number of ether oxygens (including phenoxy) is 2. The van der Waals surface area contributed by atoms with Gasteiger partial charge in [-0.15, -0.1) is 0 Å². The van der Waals surface area contributed by atoms with Gasteiger partial charge >= 0.3 is 5.97 Å². The van der Waals surface area contributed by atoms with Crippen molar-refractivity contribution in [1.82, 2.24) is 9.78 Å². The number of carbonyl (C=O) groups is 2. The number of aromatic nitrogens is 2. The molecule has 1 aromatic heterocycles. The Labute approximate surface area is 163 Å². The van der Waals surface area contributed by atoms with Crippen LogP contribution in [0.1, 0.15) is 37.7 Å². The number of aryl methyl sites for hydroxylation is 1. The van der Waals surface area contributed by atoms with Gasteiger partial charge in [-0.2, -0.15) is 5.10 Å². The fraction of sp³-hybridized carbons (Fsp3) is 0.227. The molecular formula is C22H22N2O4. The molecule has 0 spiro atoms. The maximum atomic E-state index is 12.6. The molecule has 28 heavy (non-hydrogen) atoms. The number of hydrogen-bond donors (Lipinski definition) is 0. The van der Waals surface area contributed by atoms with Crippen molar-refractivity contribution in [1.29, 1.82) is 0 Å². The van der Waals surface area contributed by atoms with Crippen molar-refractivity contribution in [2.24, 2.45) is 0 Å². The first-order valence-electron chi connectivity index (χ1n) is 8.92. The van der Waals surface area contributed by atoms with Crippen LogP contribution in [0.15, 0.2) is 54.6 Å². The number of nitrogens with zero attached hydrogens (tertiary/aromatic N) is 2. The highest BCUT2D eigenvalue weighted by Gasteiger charge is 2.21. The van der Waals surface area contributed by atoms with Gasteiger partial charge in [0.25, 0.3) is 0 Å². The van der Waals surface area contributed by atoms with Crippen LogP contribution < -0.4 is 4.74 Å². The van der Waals surface area contributed by atoms with E-state index in [1.54, 1.807) is 35.9 Å². The average molecular weight is 378 g/mol. The quantitative estimate of drug-likeness (QED) is 0.464. The van der Waals surface area contributed by atoms with E-state index in [0.29, 0.717) is 34.8 Å². The Kier molecular flexibility index (Phi) is 5.89. The molecule has 3 rings (SSSR count). The van der Waals surface area contributed by atoms with Gasteiger partial charge in [0.05, 0.1) is 25.0 Å². The summed E-state index contributed by atoms with van der Waals surface area (Å²) in [6.07, 6.45) is 0. The standard InChI is InChI=1S/C22H22N2O4/c1-15-21(16(2)24(23-15)13-17-8-5-4-6-9-17)22(26)28-14-20(25)18-10-7-11-19(12-18)27-3/h4-12H,13-14H2,1-3H3. The monoisotopic (exact) mass is 378 g/mol. The van der Waals surface area contributed by atoms with Crippen LogP contribution in [-0.2, 0) is 11.3 Å². The Bertz CT molecular complexity index is 993. The number of hydrogen-bond acceptors (Lipinski definition) is 5. The van der Waals surface area contributed by atoms with E-state index in [4.69, 9.17) is 9.47 Å². The highest BCUT2D eigenvalue weighted by Crippen LogP contribution is 2.17. The lowest BCUT2D eigenvalue weighted by Gasteiger charge is -2.07. The lowest BCUT2D eigenvalue weighted by Crippen LogP contribution is -2.15. The van der Waals surface area contributed by atoms with Gasteiger partial charge in [-0.3, -0.25) is 9.48 Å². The maximum absolute atomic E-state index is 12.6. The molecule has 0 aliphatic heterocycles.